The van der Waals surface area contributed by atoms with Crippen LogP contribution < -0.4 is 5.32 Å². The van der Waals surface area contributed by atoms with E-state index in [9.17, 15) is 14.7 Å². The molecule has 0 spiro atoms. The fourth-order valence-electron chi connectivity index (χ4n) is 2.40. The minimum Gasteiger partial charge on any atom is -0.507 e. The Morgan fingerprint density at radius 2 is 1.76 bits per heavy atom. The molecule has 5 nitrogen and oxygen atoms in total. The number of para-hydroxylation sites is 1. The van der Waals surface area contributed by atoms with E-state index in [0.717, 1.165) is 5.56 Å². The number of phenols is 1. The van der Waals surface area contributed by atoms with Gasteiger partial charge >= 0.3 is 5.97 Å². The van der Waals surface area contributed by atoms with Gasteiger partial charge in [0.25, 0.3) is 5.91 Å². The summed E-state index contributed by atoms with van der Waals surface area (Å²) in [4.78, 5) is 24.3. The number of rotatable bonds is 6. The SMILES string of the molecule is Cc1cccc(C(=O)O[C@@H](C)C(=O)NC[C@@H](C)c2ccccc2)c1O. The van der Waals surface area contributed by atoms with Gasteiger partial charge in [-0.25, -0.2) is 4.79 Å². The Morgan fingerprint density at radius 3 is 2.44 bits per heavy atom. The van der Waals surface area contributed by atoms with E-state index in [4.69, 9.17) is 4.74 Å². The number of hydrogen-bond donors (Lipinski definition) is 2. The third kappa shape index (κ3) is 4.83. The molecule has 2 atom stereocenters. The molecule has 0 bridgehead atoms. The Kier molecular flexibility index (Phi) is 6.17. The van der Waals surface area contributed by atoms with Crippen LogP contribution in [0.4, 0.5) is 0 Å². The maximum Gasteiger partial charge on any atom is 0.342 e. The molecule has 2 rings (SSSR count). The molecule has 0 radical (unpaired) electrons. The molecule has 0 aliphatic rings. The first-order valence-corrected chi connectivity index (χ1v) is 8.22. The van der Waals surface area contributed by atoms with Gasteiger partial charge in [-0.15, -0.1) is 0 Å². The lowest BCUT2D eigenvalue weighted by Crippen LogP contribution is -2.37. The van der Waals surface area contributed by atoms with E-state index in [2.05, 4.69) is 5.32 Å². The average molecular weight is 341 g/mol. The van der Waals surface area contributed by atoms with E-state index in [0.29, 0.717) is 12.1 Å². The first-order chi connectivity index (χ1) is 11.9. The molecule has 0 aliphatic heterocycles. The summed E-state index contributed by atoms with van der Waals surface area (Å²) >= 11 is 0. The number of phenolic OH excluding ortho intramolecular Hbond substituents is 1. The highest BCUT2D eigenvalue weighted by Gasteiger charge is 2.21. The van der Waals surface area contributed by atoms with Crippen LogP contribution >= 0.6 is 0 Å². The van der Waals surface area contributed by atoms with Gasteiger partial charge in [0.05, 0.1) is 0 Å². The normalized spacial score (nSPS) is 12.9. The van der Waals surface area contributed by atoms with Gasteiger partial charge in [-0.3, -0.25) is 4.79 Å². The number of esters is 1. The highest BCUT2D eigenvalue weighted by atomic mass is 16.5. The number of benzene rings is 2. The van der Waals surface area contributed by atoms with Crippen molar-refractivity contribution in [1.82, 2.24) is 5.32 Å². The zero-order valence-electron chi connectivity index (χ0n) is 14.7. The molecule has 0 saturated heterocycles. The second-order valence-electron chi connectivity index (χ2n) is 6.08. The monoisotopic (exact) mass is 341 g/mol. The molecular weight excluding hydrogens is 318 g/mol. The van der Waals surface area contributed by atoms with E-state index in [1.54, 1.807) is 19.1 Å². The summed E-state index contributed by atoms with van der Waals surface area (Å²) in [7, 11) is 0. The predicted molar refractivity (Wildman–Crippen MR) is 95.6 cm³/mol. The molecule has 0 unspecified atom stereocenters. The van der Waals surface area contributed by atoms with Crippen molar-refractivity contribution >= 4 is 11.9 Å². The van der Waals surface area contributed by atoms with E-state index < -0.39 is 12.1 Å². The van der Waals surface area contributed by atoms with Gasteiger partial charge in [-0.1, -0.05) is 49.4 Å². The van der Waals surface area contributed by atoms with Crippen molar-refractivity contribution in [3.8, 4) is 5.75 Å². The van der Waals surface area contributed by atoms with Crippen molar-refractivity contribution in [1.29, 1.82) is 0 Å². The van der Waals surface area contributed by atoms with E-state index in [1.165, 1.54) is 13.0 Å². The van der Waals surface area contributed by atoms with Crippen LogP contribution in [0.1, 0.15) is 41.3 Å². The molecule has 5 heteroatoms. The maximum absolute atomic E-state index is 12.1. The summed E-state index contributed by atoms with van der Waals surface area (Å²) in [6.07, 6.45) is -0.949. The summed E-state index contributed by atoms with van der Waals surface area (Å²) < 4.78 is 5.16. The van der Waals surface area contributed by atoms with Crippen molar-refractivity contribution in [2.24, 2.45) is 0 Å². The topological polar surface area (TPSA) is 75.6 Å². The van der Waals surface area contributed by atoms with Crippen LogP contribution in [0.3, 0.4) is 0 Å². The Labute approximate surface area is 147 Å². The van der Waals surface area contributed by atoms with Crippen molar-refractivity contribution in [3.05, 3.63) is 65.2 Å². The standard InChI is InChI=1S/C20H23NO4/c1-13-8-7-11-17(18(13)22)20(24)25-15(3)19(23)21-12-14(2)16-9-5-4-6-10-16/h4-11,14-15,22H,12H2,1-3H3,(H,21,23)/t14-,15+/m1/s1. The fraction of sp³-hybridized carbons (Fsp3) is 0.300. The summed E-state index contributed by atoms with van der Waals surface area (Å²) in [6.45, 7) is 5.65. The summed E-state index contributed by atoms with van der Waals surface area (Å²) in [6, 6.07) is 14.6. The largest absolute Gasteiger partial charge is 0.507 e. The highest BCUT2D eigenvalue weighted by molar-refractivity contribution is 5.94. The molecule has 2 N–H and O–H groups in total. The van der Waals surface area contributed by atoms with Crippen LogP contribution in [0.25, 0.3) is 0 Å². The van der Waals surface area contributed by atoms with E-state index >= 15 is 0 Å². The van der Waals surface area contributed by atoms with Gasteiger partial charge in [-0.2, -0.15) is 0 Å². The maximum atomic E-state index is 12.1. The Balaban J connectivity index is 1.89. The van der Waals surface area contributed by atoms with Crippen LogP contribution in [-0.2, 0) is 9.53 Å². The van der Waals surface area contributed by atoms with Gasteiger partial charge in [0.15, 0.2) is 6.10 Å². The third-order valence-corrected chi connectivity index (χ3v) is 4.06. The lowest BCUT2D eigenvalue weighted by atomic mass is 10.0. The second kappa shape index (κ2) is 8.33. The number of carbonyl (C=O) groups is 2. The molecular formula is C20H23NO4. The Morgan fingerprint density at radius 1 is 1.08 bits per heavy atom. The smallest absolute Gasteiger partial charge is 0.342 e. The average Bonchev–Trinajstić information content (AvgIpc) is 2.62. The quantitative estimate of drug-likeness (QED) is 0.791. The molecule has 1 amide bonds. The zero-order valence-corrected chi connectivity index (χ0v) is 14.7. The minimum atomic E-state index is -0.949. The Hall–Kier alpha value is -2.82. The molecule has 2 aromatic rings. The summed E-state index contributed by atoms with van der Waals surface area (Å²) in [5.41, 5.74) is 1.75. The molecule has 0 aromatic heterocycles. The number of aryl methyl sites for hydroxylation is 1. The molecule has 0 fully saturated rings. The number of aromatic hydroxyl groups is 1. The van der Waals surface area contributed by atoms with Gasteiger partial charge in [-0.05, 0) is 37.0 Å². The zero-order chi connectivity index (χ0) is 18.4. The van der Waals surface area contributed by atoms with Crippen LogP contribution in [-0.4, -0.2) is 29.6 Å². The van der Waals surface area contributed by atoms with E-state index in [-0.39, 0.29) is 23.1 Å². The third-order valence-electron chi connectivity index (χ3n) is 4.06. The molecule has 132 valence electrons. The van der Waals surface area contributed by atoms with Crippen LogP contribution in [0.5, 0.6) is 5.75 Å². The van der Waals surface area contributed by atoms with Gasteiger partial charge < -0.3 is 15.2 Å². The number of carbonyl (C=O) groups excluding carboxylic acids is 2. The molecule has 0 saturated carbocycles. The Bertz CT molecular complexity index is 743. The van der Waals surface area contributed by atoms with Crippen molar-refractivity contribution in [2.45, 2.75) is 32.8 Å². The highest BCUT2D eigenvalue weighted by Crippen LogP contribution is 2.22. The predicted octanol–water partition coefficient (Wildman–Crippen LogP) is 3.17. The van der Waals surface area contributed by atoms with Crippen LogP contribution in [0.2, 0.25) is 0 Å². The summed E-state index contributed by atoms with van der Waals surface area (Å²) in [5, 5.41) is 12.7. The molecule has 25 heavy (non-hydrogen) atoms. The van der Waals surface area contributed by atoms with Gasteiger partial charge in [0, 0.05) is 6.54 Å². The number of amides is 1. The number of hydrogen-bond acceptors (Lipinski definition) is 4. The first-order valence-electron chi connectivity index (χ1n) is 8.22. The number of ether oxygens (including phenoxy) is 1. The second-order valence-corrected chi connectivity index (χ2v) is 6.08. The van der Waals surface area contributed by atoms with Crippen LogP contribution in [0.15, 0.2) is 48.5 Å². The molecule has 0 heterocycles. The van der Waals surface area contributed by atoms with Crippen LogP contribution in [0, 0.1) is 6.92 Å². The lowest BCUT2D eigenvalue weighted by molar-refractivity contribution is -0.129. The minimum absolute atomic E-state index is 0.0531. The summed E-state index contributed by atoms with van der Waals surface area (Å²) in [5.74, 6) is -1.07. The van der Waals surface area contributed by atoms with Gasteiger partial charge in [0.1, 0.15) is 11.3 Å². The van der Waals surface area contributed by atoms with Crippen molar-refractivity contribution in [2.75, 3.05) is 6.54 Å². The fourth-order valence-corrected chi connectivity index (χ4v) is 2.40. The lowest BCUT2D eigenvalue weighted by Gasteiger charge is -2.17. The molecule has 0 aliphatic carbocycles. The van der Waals surface area contributed by atoms with Crippen molar-refractivity contribution in [3.63, 3.8) is 0 Å². The molecule has 2 aromatic carbocycles. The number of nitrogens with one attached hydrogen (secondary N) is 1. The van der Waals surface area contributed by atoms with E-state index in [1.807, 2.05) is 37.3 Å². The van der Waals surface area contributed by atoms with Gasteiger partial charge in [0.2, 0.25) is 0 Å². The first kappa shape index (κ1) is 18.5. The van der Waals surface area contributed by atoms with Crippen molar-refractivity contribution < 1.29 is 19.4 Å².